The van der Waals surface area contributed by atoms with Gasteiger partial charge in [-0.3, -0.25) is 4.79 Å². The van der Waals surface area contributed by atoms with Crippen LogP contribution in [0.1, 0.15) is 29.5 Å². The molecule has 3 unspecified atom stereocenters. The highest BCUT2D eigenvalue weighted by Gasteiger charge is 2.48. The largest absolute Gasteiger partial charge is 0.496 e. The maximum absolute atomic E-state index is 13.3. The molecule has 3 atom stereocenters. The van der Waals surface area contributed by atoms with E-state index in [2.05, 4.69) is 11.4 Å². The molecule has 5 heteroatoms. The second-order valence-electron chi connectivity index (χ2n) is 6.96. The predicted molar refractivity (Wildman–Crippen MR) is 103 cm³/mol. The second kappa shape index (κ2) is 7.29. The number of benzene rings is 2. The Labute approximate surface area is 159 Å². The molecule has 1 N–H and O–H groups in total. The molecule has 136 valence electrons. The third-order valence-corrected chi connectivity index (χ3v) is 5.78. The van der Waals surface area contributed by atoms with E-state index in [0.717, 1.165) is 41.4 Å². The molecule has 1 amide bonds. The Morgan fingerprint density at radius 2 is 1.88 bits per heavy atom. The smallest absolute Gasteiger partial charge is 0.226 e. The van der Waals surface area contributed by atoms with E-state index in [1.165, 1.54) is 0 Å². The van der Waals surface area contributed by atoms with E-state index >= 15 is 0 Å². The summed E-state index contributed by atoms with van der Waals surface area (Å²) >= 11 is 6.33. The van der Waals surface area contributed by atoms with Gasteiger partial charge in [0.1, 0.15) is 5.75 Å². The van der Waals surface area contributed by atoms with Crippen molar-refractivity contribution in [3.8, 4) is 5.75 Å². The molecule has 1 aliphatic carbocycles. The lowest BCUT2D eigenvalue weighted by Crippen LogP contribution is -2.49. The summed E-state index contributed by atoms with van der Waals surface area (Å²) < 4.78 is 5.53. The minimum atomic E-state index is -0.0000969. The summed E-state index contributed by atoms with van der Waals surface area (Å²) in [5, 5.41) is 4.17. The molecule has 4 rings (SSSR count). The molecule has 4 nitrogen and oxygen atoms in total. The zero-order valence-electron chi connectivity index (χ0n) is 14.8. The van der Waals surface area contributed by atoms with E-state index < -0.39 is 0 Å². The lowest BCUT2D eigenvalue weighted by molar-refractivity contribution is -0.136. The molecule has 2 aromatic rings. The van der Waals surface area contributed by atoms with Crippen LogP contribution in [0.3, 0.4) is 0 Å². The fourth-order valence-electron chi connectivity index (χ4n) is 3.99. The average Bonchev–Trinajstić information content (AvgIpc) is 3.48. The molecule has 1 heterocycles. The Kier molecular flexibility index (Phi) is 4.88. The van der Waals surface area contributed by atoms with Crippen LogP contribution in [0.25, 0.3) is 0 Å². The van der Waals surface area contributed by atoms with E-state index in [-0.39, 0.29) is 23.8 Å². The minimum absolute atomic E-state index is 0.0000969. The van der Waals surface area contributed by atoms with Gasteiger partial charge >= 0.3 is 0 Å². The lowest BCUT2D eigenvalue weighted by Gasteiger charge is -2.37. The van der Waals surface area contributed by atoms with Crippen molar-refractivity contribution >= 4 is 17.5 Å². The van der Waals surface area contributed by atoms with Gasteiger partial charge in [0.05, 0.1) is 13.2 Å². The maximum Gasteiger partial charge on any atom is 0.226 e. The highest BCUT2D eigenvalue weighted by atomic mass is 35.5. The first-order valence-electron chi connectivity index (χ1n) is 9.09. The maximum atomic E-state index is 13.3. The highest BCUT2D eigenvalue weighted by molar-refractivity contribution is 6.31. The number of para-hydroxylation sites is 1. The zero-order chi connectivity index (χ0) is 18.1. The monoisotopic (exact) mass is 370 g/mol. The number of hydrogen-bond acceptors (Lipinski definition) is 3. The second-order valence-corrected chi connectivity index (χ2v) is 7.37. The summed E-state index contributed by atoms with van der Waals surface area (Å²) in [5.41, 5.74) is 2.15. The molecule has 2 aromatic carbocycles. The van der Waals surface area contributed by atoms with E-state index in [1.54, 1.807) is 7.11 Å². The van der Waals surface area contributed by atoms with Gasteiger partial charge in [-0.2, -0.15) is 0 Å². The molecule has 1 saturated carbocycles. The number of carbonyl (C=O) groups excluding carboxylic acids is 1. The molecule has 0 radical (unpaired) electrons. The Morgan fingerprint density at radius 1 is 1.15 bits per heavy atom. The van der Waals surface area contributed by atoms with Gasteiger partial charge in [0.15, 0.2) is 0 Å². The van der Waals surface area contributed by atoms with Gasteiger partial charge in [-0.25, -0.2) is 0 Å². The number of piperazine rings is 1. The summed E-state index contributed by atoms with van der Waals surface area (Å²) in [5.74, 6) is 1.33. The van der Waals surface area contributed by atoms with Crippen LogP contribution >= 0.6 is 11.6 Å². The number of methoxy groups -OCH3 is 1. The number of nitrogens with one attached hydrogen (secondary N) is 1. The van der Waals surface area contributed by atoms with Crippen LogP contribution in [0.2, 0.25) is 5.02 Å². The van der Waals surface area contributed by atoms with Crippen molar-refractivity contribution in [3.05, 3.63) is 64.7 Å². The van der Waals surface area contributed by atoms with Gasteiger partial charge in [-0.15, -0.1) is 0 Å². The van der Waals surface area contributed by atoms with Crippen LogP contribution in [-0.2, 0) is 4.79 Å². The summed E-state index contributed by atoms with van der Waals surface area (Å²) in [4.78, 5) is 15.3. The quantitative estimate of drug-likeness (QED) is 0.893. The number of hydrogen-bond donors (Lipinski definition) is 1. The van der Waals surface area contributed by atoms with E-state index in [4.69, 9.17) is 16.3 Å². The highest BCUT2D eigenvalue weighted by Crippen LogP contribution is 2.51. The van der Waals surface area contributed by atoms with Gasteiger partial charge in [-0.05, 0) is 30.0 Å². The van der Waals surface area contributed by atoms with Crippen LogP contribution in [0.5, 0.6) is 5.75 Å². The molecular formula is C21H23ClN2O2. The fraction of sp³-hybridized carbons (Fsp3) is 0.381. The first-order valence-corrected chi connectivity index (χ1v) is 9.47. The van der Waals surface area contributed by atoms with Gasteiger partial charge in [0, 0.05) is 36.1 Å². The Hall–Kier alpha value is -2.04. The average molecular weight is 371 g/mol. The number of carbonyl (C=O) groups is 1. The van der Waals surface area contributed by atoms with Crippen molar-refractivity contribution in [2.45, 2.75) is 18.4 Å². The van der Waals surface area contributed by atoms with Crippen molar-refractivity contribution in [3.63, 3.8) is 0 Å². The zero-order valence-corrected chi connectivity index (χ0v) is 15.6. The number of ether oxygens (including phenoxy) is 1. The molecular weight excluding hydrogens is 348 g/mol. The predicted octanol–water partition coefficient (Wildman–Crippen LogP) is 3.63. The normalized spacial score (nSPS) is 25.0. The van der Waals surface area contributed by atoms with E-state index in [0.29, 0.717) is 6.54 Å². The van der Waals surface area contributed by atoms with Gasteiger partial charge in [0.2, 0.25) is 5.91 Å². The number of nitrogens with zero attached hydrogens (tertiary/aromatic N) is 1. The molecule has 2 aliphatic rings. The molecule has 0 bridgehead atoms. The third kappa shape index (κ3) is 3.19. The molecule has 26 heavy (non-hydrogen) atoms. The summed E-state index contributed by atoms with van der Waals surface area (Å²) in [6, 6.07) is 15.8. The number of amides is 1. The molecule has 2 fully saturated rings. The molecule has 1 saturated heterocycles. The third-order valence-electron chi connectivity index (χ3n) is 5.44. The van der Waals surface area contributed by atoms with E-state index in [1.807, 2.05) is 47.4 Å². The first kappa shape index (κ1) is 17.4. The van der Waals surface area contributed by atoms with Crippen LogP contribution < -0.4 is 10.1 Å². The Bertz CT molecular complexity index is 810. The van der Waals surface area contributed by atoms with Gasteiger partial charge in [-0.1, -0.05) is 48.0 Å². The SMILES string of the molecule is COc1ccccc1C1CNCCN1C(=O)C1CC1c1ccccc1Cl. The van der Waals surface area contributed by atoms with Crippen LogP contribution in [-0.4, -0.2) is 37.6 Å². The Morgan fingerprint density at radius 3 is 2.65 bits per heavy atom. The molecule has 0 spiro atoms. The topological polar surface area (TPSA) is 41.6 Å². The number of rotatable bonds is 4. The van der Waals surface area contributed by atoms with Crippen molar-refractivity contribution in [1.29, 1.82) is 0 Å². The van der Waals surface area contributed by atoms with Crippen molar-refractivity contribution in [2.75, 3.05) is 26.7 Å². The first-order chi connectivity index (χ1) is 12.7. The van der Waals surface area contributed by atoms with Crippen LogP contribution in [0.4, 0.5) is 0 Å². The summed E-state index contributed by atoms with van der Waals surface area (Å²) in [7, 11) is 1.68. The van der Waals surface area contributed by atoms with Crippen molar-refractivity contribution in [1.82, 2.24) is 10.2 Å². The van der Waals surface area contributed by atoms with Crippen LogP contribution in [0, 0.1) is 5.92 Å². The molecule has 1 aliphatic heterocycles. The summed E-state index contributed by atoms with van der Waals surface area (Å²) in [6.45, 7) is 2.28. The minimum Gasteiger partial charge on any atom is -0.496 e. The fourth-order valence-corrected chi connectivity index (χ4v) is 4.26. The van der Waals surface area contributed by atoms with Crippen molar-refractivity contribution in [2.24, 2.45) is 5.92 Å². The van der Waals surface area contributed by atoms with E-state index in [9.17, 15) is 4.79 Å². The number of halogens is 1. The lowest BCUT2D eigenvalue weighted by atomic mass is 10.0. The Balaban J connectivity index is 1.56. The van der Waals surface area contributed by atoms with Gasteiger partial charge in [0.25, 0.3) is 0 Å². The van der Waals surface area contributed by atoms with Gasteiger partial charge < -0.3 is 15.0 Å². The van der Waals surface area contributed by atoms with Crippen molar-refractivity contribution < 1.29 is 9.53 Å². The molecule has 0 aromatic heterocycles. The van der Waals surface area contributed by atoms with Crippen LogP contribution in [0.15, 0.2) is 48.5 Å². The standard InChI is InChI=1S/C21H23ClN2O2/c1-26-20-9-5-3-7-15(20)19-13-23-10-11-24(19)21(25)17-12-16(17)14-6-2-4-8-18(14)22/h2-9,16-17,19,23H,10-13H2,1H3. The summed E-state index contributed by atoms with van der Waals surface area (Å²) in [6.07, 6.45) is 0.880.